The Balaban J connectivity index is 1.89. The molecule has 2 atom stereocenters. The van der Waals surface area contributed by atoms with Crippen molar-refractivity contribution >= 4 is 11.2 Å². The number of nitrogens with one attached hydrogen (secondary N) is 1. The number of halogens is 1. The molecule has 1 saturated heterocycles. The normalized spacial score (nSPS) is 19.5. The van der Waals surface area contributed by atoms with Gasteiger partial charge in [0.15, 0.2) is 17.0 Å². The van der Waals surface area contributed by atoms with Gasteiger partial charge in [-0.05, 0) is 31.7 Å². The number of aryl methyl sites for hydroxylation is 1. The van der Waals surface area contributed by atoms with Gasteiger partial charge in [0.1, 0.15) is 12.4 Å². The first-order chi connectivity index (χ1) is 14.4. The van der Waals surface area contributed by atoms with Gasteiger partial charge in [-0.1, -0.05) is 25.1 Å². The summed E-state index contributed by atoms with van der Waals surface area (Å²) in [5.41, 5.74) is 0.395. The molecule has 160 valence electrons. The van der Waals surface area contributed by atoms with Crippen molar-refractivity contribution in [3.8, 4) is 0 Å². The number of benzene rings is 1. The average molecular weight is 415 g/mol. The zero-order valence-corrected chi connectivity index (χ0v) is 17.8. The molecule has 2 aromatic heterocycles. The van der Waals surface area contributed by atoms with Crippen LogP contribution in [0.3, 0.4) is 0 Å². The molecule has 0 amide bonds. The van der Waals surface area contributed by atoms with E-state index in [2.05, 4.69) is 6.92 Å². The quantitative estimate of drug-likeness (QED) is 0.677. The second-order valence-corrected chi connectivity index (χ2v) is 8.27. The molecule has 0 saturated carbocycles. The van der Waals surface area contributed by atoms with E-state index in [1.54, 1.807) is 25.2 Å². The highest BCUT2D eigenvalue weighted by molar-refractivity contribution is 5.71. The molecule has 4 rings (SSSR count). The second-order valence-electron chi connectivity index (χ2n) is 8.27. The molecule has 30 heavy (non-hydrogen) atoms. The first kappa shape index (κ1) is 20.5. The van der Waals surface area contributed by atoms with Crippen LogP contribution in [0.2, 0.25) is 0 Å². The monoisotopic (exact) mass is 414 g/mol. The van der Waals surface area contributed by atoms with Crippen LogP contribution in [0.1, 0.15) is 44.0 Å². The molecule has 0 bridgehead atoms. The molecule has 3 heterocycles. The van der Waals surface area contributed by atoms with E-state index in [1.807, 2.05) is 4.57 Å². The smallest absolute Gasteiger partial charge is 0.326 e. The SMILES string of the molecule is CC[C@H]1CCCC[NH+]1Cc1nc2c(c(=O)n(C)c(=O)n2C)n1Cc1ccccc1F. The molecule has 1 unspecified atom stereocenters. The highest BCUT2D eigenvalue weighted by atomic mass is 19.1. The van der Waals surface area contributed by atoms with Gasteiger partial charge in [-0.15, -0.1) is 0 Å². The Bertz CT molecular complexity index is 1190. The molecular weight excluding hydrogens is 385 g/mol. The van der Waals surface area contributed by atoms with E-state index >= 15 is 0 Å². The number of aromatic nitrogens is 4. The minimum Gasteiger partial charge on any atom is -0.326 e. The van der Waals surface area contributed by atoms with Crippen LogP contribution >= 0.6 is 0 Å². The van der Waals surface area contributed by atoms with Crippen molar-refractivity contribution in [3.63, 3.8) is 0 Å². The summed E-state index contributed by atoms with van der Waals surface area (Å²) in [5, 5.41) is 0. The Kier molecular flexibility index (Phi) is 5.60. The maximum absolute atomic E-state index is 14.4. The minimum atomic E-state index is -0.411. The van der Waals surface area contributed by atoms with E-state index in [4.69, 9.17) is 4.98 Å². The fourth-order valence-corrected chi connectivity index (χ4v) is 4.67. The Morgan fingerprint density at radius 3 is 2.67 bits per heavy atom. The largest absolute Gasteiger partial charge is 0.332 e. The Morgan fingerprint density at radius 1 is 1.17 bits per heavy atom. The van der Waals surface area contributed by atoms with Crippen LogP contribution in [0.25, 0.3) is 11.2 Å². The number of likely N-dealkylation sites (tertiary alicyclic amines) is 1. The van der Waals surface area contributed by atoms with Gasteiger partial charge in [-0.3, -0.25) is 13.9 Å². The van der Waals surface area contributed by atoms with E-state index in [1.165, 1.54) is 41.8 Å². The topological polar surface area (TPSA) is 66.3 Å². The lowest BCUT2D eigenvalue weighted by Crippen LogP contribution is -3.15. The summed E-state index contributed by atoms with van der Waals surface area (Å²) in [6.07, 6.45) is 4.67. The molecule has 1 aliphatic heterocycles. The van der Waals surface area contributed by atoms with E-state index in [9.17, 15) is 14.0 Å². The number of hydrogen-bond donors (Lipinski definition) is 1. The maximum Gasteiger partial charge on any atom is 0.332 e. The number of nitrogens with zero attached hydrogens (tertiary/aromatic N) is 4. The molecule has 0 spiro atoms. The van der Waals surface area contributed by atoms with Crippen LogP contribution in [-0.2, 0) is 27.2 Å². The van der Waals surface area contributed by atoms with Crippen LogP contribution in [0.5, 0.6) is 0 Å². The fourth-order valence-electron chi connectivity index (χ4n) is 4.67. The third-order valence-corrected chi connectivity index (χ3v) is 6.47. The van der Waals surface area contributed by atoms with E-state index < -0.39 is 11.2 Å². The molecule has 1 fully saturated rings. The van der Waals surface area contributed by atoms with Crippen LogP contribution in [0, 0.1) is 5.82 Å². The lowest BCUT2D eigenvalue weighted by atomic mass is 10.00. The second kappa shape index (κ2) is 8.18. The lowest BCUT2D eigenvalue weighted by Gasteiger charge is -2.31. The lowest BCUT2D eigenvalue weighted by molar-refractivity contribution is -0.944. The molecule has 7 nitrogen and oxygen atoms in total. The molecule has 1 aromatic carbocycles. The van der Waals surface area contributed by atoms with Crippen molar-refractivity contribution in [2.75, 3.05) is 6.54 Å². The van der Waals surface area contributed by atoms with Gasteiger partial charge in [-0.25, -0.2) is 14.2 Å². The Labute approximate surface area is 174 Å². The zero-order valence-electron chi connectivity index (χ0n) is 17.8. The molecule has 3 aromatic rings. The van der Waals surface area contributed by atoms with Crippen LogP contribution < -0.4 is 16.1 Å². The molecular formula is C22H29FN5O2+. The van der Waals surface area contributed by atoms with E-state index in [0.717, 1.165) is 23.4 Å². The first-order valence-corrected chi connectivity index (χ1v) is 10.7. The molecule has 1 aliphatic rings. The number of rotatable bonds is 5. The van der Waals surface area contributed by atoms with Crippen molar-refractivity contribution in [1.29, 1.82) is 0 Å². The van der Waals surface area contributed by atoms with Crippen molar-refractivity contribution in [1.82, 2.24) is 18.7 Å². The molecule has 1 N–H and O–H groups in total. The highest BCUT2D eigenvalue weighted by Gasteiger charge is 2.28. The highest BCUT2D eigenvalue weighted by Crippen LogP contribution is 2.16. The number of imidazole rings is 1. The van der Waals surface area contributed by atoms with Gasteiger partial charge >= 0.3 is 5.69 Å². The molecule has 0 radical (unpaired) electrons. The summed E-state index contributed by atoms with van der Waals surface area (Å²) >= 11 is 0. The predicted octanol–water partition coefficient (Wildman–Crippen LogP) is 0.969. The van der Waals surface area contributed by atoms with Crippen molar-refractivity contribution in [2.24, 2.45) is 14.1 Å². The summed E-state index contributed by atoms with van der Waals surface area (Å²) < 4.78 is 18.7. The van der Waals surface area contributed by atoms with E-state index in [-0.39, 0.29) is 12.4 Å². The summed E-state index contributed by atoms with van der Waals surface area (Å²) in [6.45, 7) is 4.12. The molecule has 0 aliphatic carbocycles. The first-order valence-electron chi connectivity index (χ1n) is 10.7. The van der Waals surface area contributed by atoms with Crippen LogP contribution in [0.4, 0.5) is 4.39 Å². The van der Waals surface area contributed by atoms with Gasteiger partial charge < -0.3 is 9.47 Å². The zero-order chi connectivity index (χ0) is 21.4. The summed E-state index contributed by atoms with van der Waals surface area (Å²) in [7, 11) is 3.09. The third-order valence-electron chi connectivity index (χ3n) is 6.47. The fraction of sp³-hybridized carbons (Fsp3) is 0.500. The standard InChI is InChI=1S/C22H28FN5O2/c1-4-16-10-7-8-12-27(16)14-18-24-20-19(21(29)26(3)22(30)25(20)2)28(18)13-15-9-5-6-11-17(15)23/h5-6,9,11,16H,4,7-8,10,12-14H2,1-3H3/p+1/t16-/m0/s1. The Morgan fingerprint density at radius 2 is 1.93 bits per heavy atom. The summed E-state index contributed by atoms with van der Waals surface area (Å²) in [4.78, 5) is 31.6. The van der Waals surface area contributed by atoms with Crippen LogP contribution in [0.15, 0.2) is 33.9 Å². The predicted molar refractivity (Wildman–Crippen MR) is 113 cm³/mol. The van der Waals surface area contributed by atoms with Crippen molar-refractivity contribution < 1.29 is 9.29 Å². The number of hydrogen-bond acceptors (Lipinski definition) is 3. The van der Waals surface area contributed by atoms with Crippen molar-refractivity contribution in [3.05, 3.63) is 62.3 Å². The third kappa shape index (κ3) is 3.49. The van der Waals surface area contributed by atoms with Crippen molar-refractivity contribution in [2.45, 2.75) is 51.7 Å². The molecule has 8 heteroatoms. The van der Waals surface area contributed by atoms with E-state index in [0.29, 0.717) is 29.3 Å². The van der Waals surface area contributed by atoms with Gasteiger partial charge in [0.2, 0.25) is 0 Å². The maximum atomic E-state index is 14.4. The van der Waals surface area contributed by atoms with Gasteiger partial charge in [0, 0.05) is 19.7 Å². The summed E-state index contributed by atoms with van der Waals surface area (Å²) in [6, 6.07) is 7.13. The average Bonchev–Trinajstić information content (AvgIpc) is 3.10. The number of fused-ring (bicyclic) bond motifs is 1. The minimum absolute atomic E-state index is 0.204. The van der Waals surface area contributed by atoms with Gasteiger partial charge in [0.05, 0.1) is 19.1 Å². The number of piperidine rings is 1. The van der Waals surface area contributed by atoms with Gasteiger partial charge in [0.25, 0.3) is 5.56 Å². The number of quaternary nitrogens is 1. The van der Waals surface area contributed by atoms with Gasteiger partial charge in [-0.2, -0.15) is 0 Å². The Hall–Kier alpha value is -2.74. The summed E-state index contributed by atoms with van der Waals surface area (Å²) in [5.74, 6) is 0.408. The van der Waals surface area contributed by atoms with Crippen LogP contribution in [-0.4, -0.2) is 31.3 Å².